The smallest absolute Gasteiger partial charge is 0.138 e. The Kier molecular flexibility index (Phi) is 4.98. The molecule has 26 heavy (non-hydrogen) atoms. The fourth-order valence-electron chi connectivity index (χ4n) is 3.30. The summed E-state index contributed by atoms with van der Waals surface area (Å²) in [5.74, 6) is 0.876. The number of nitrogens with zero attached hydrogens (tertiary/aromatic N) is 2. The third-order valence-electron chi connectivity index (χ3n) is 4.64. The summed E-state index contributed by atoms with van der Waals surface area (Å²) in [4.78, 5) is 2.35. The average Bonchev–Trinajstić information content (AvgIpc) is 3.31. The standard InChI is InChI=1S/C21H21ClN2O2/c1-25-20-7-5-16(6-8-20)14-24-11-12-26-21(24)17-9-10-23(15-17)19-4-2-3-18(22)13-19/h2-10,13,15,21H,11-12,14H2,1H3/t21-/m0/s1. The van der Waals surface area contributed by atoms with Crippen molar-refractivity contribution in [3.63, 3.8) is 0 Å². The molecule has 1 saturated heterocycles. The molecule has 134 valence electrons. The minimum absolute atomic E-state index is 0.0301. The predicted octanol–water partition coefficient (Wildman–Crippen LogP) is 4.67. The van der Waals surface area contributed by atoms with Crippen LogP contribution in [0.15, 0.2) is 67.0 Å². The van der Waals surface area contributed by atoms with E-state index in [1.807, 2.05) is 42.6 Å². The molecule has 1 atom stereocenters. The highest BCUT2D eigenvalue weighted by molar-refractivity contribution is 6.30. The van der Waals surface area contributed by atoms with Crippen LogP contribution in [0.25, 0.3) is 5.69 Å². The molecule has 2 aromatic carbocycles. The van der Waals surface area contributed by atoms with E-state index in [-0.39, 0.29) is 6.23 Å². The number of halogens is 1. The number of hydrogen-bond donors (Lipinski definition) is 0. The highest BCUT2D eigenvalue weighted by atomic mass is 35.5. The van der Waals surface area contributed by atoms with Crippen molar-refractivity contribution in [2.24, 2.45) is 0 Å². The van der Waals surface area contributed by atoms with Crippen molar-refractivity contribution in [3.05, 3.63) is 83.1 Å². The molecule has 0 amide bonds. The van der Waals surface area contributed by atoms with Crippen molar-refractivity contribution in [3.8, 4) is 11.4 Å². The Morgan fingerprint density at radius 2 is 2.00 bits per heavy atom. The number of benzene rings is 2. The van der Waals surface area contributed by atoms with Gasteiger partial charge in [0.15, 0.2) is 0 Å². The third-order valence-corrected chi connectivity index (χ3v) is 4.87. The lowest BCUT2D eigenvalue weighted by Crippen LogP contribution is -2.23. The molecule has 0 bridgehead atoms. The molecule has 4 nitrogen and oxygen atoms in total. The van der Waals surface area contributed by atoms with Crippen LogP contribution in [0, 0.1) is 0 Å². The molecule has 5 heteroatoms. The van der Waals surface area contributed by atoms with Gasteiger partial charge in [0.2, 0.25) is 0 Å². The third kappa shape index (κ3) is 3.63. The largest absolute Gasteiger partial charge is 0.497 e. The molecule has 2 heterocycles. The summed E-state index contributed by atoms with van der Waals surface area (Å²) in [6, 6.07) is 18.1. The molecular weight excluding hydrogens is 348 g/mol. The Hall–Kier alpha value is -2.27. The van der Waals surface area contributed by atoms with Crippen molar-refractivity contribution in [2.75, 3.05) is 20.3 Å². The number of aromatic nitrogens is 1. The van der Waals surface area contributed by atoms with E-state index >= 15 is 0 Å². The van der Waals surface area contributed by atoms with E-state index in [0.717, 1.165) is 41.7 Å². The Bertz CT molecular complexity index is 876. The maximum absolute atomic E-state index is 6.11. The molecule has 1 fully saturated rings. The van der Waals surface area contributed by atoms with E-state index in [2.05, 4.69) is 33.9 Å². The lowest BCUT2D eigenvalue weighted by molar-refractivity contribution is 0.0288. The Morgan fingerprint density at radius 3 is 2.77 bits per heavy atom. The molecule has 0 unspecified atom stereocenters. The second-order valence-electron chi connectivity index (χ2n) is 6.37. The first-order valence-corrected chi connectivity index (χ1v) is 9.03. The molecular formula is C21H21ClN2O2. The van der Waals surface area contributed by atoms with Crippen LogP contribution in [0.4, 0.5) is 0 Å². The maximum atomic E-state index is 6.11. The zero-order valence-electron chi connectivity index (χ0n) is 14.6. The van der Waals surface area contributed by atoms with Gasteiger partial charge in [0.25, 0.3) is 0 Å². The molecule has 0 spiro atoms. The number of rotatable bonds is 5. The topological polar surface area (TPSA) is 26.6 Å². The second kappa shape index (κ2) is 7.54. The molecule has 0 radical (unpaired) electrons. The zero-order valence-corrected chi connectivity index (χ0v) is 15.4. The lowest BCUT2D eigenvalue weighted by atomic mass is 10.2. The molecule has 4 rings (SSSR count). The van der Waals surface area contributed by atoms with Crippen molar-refractivity contribution in [1.29, 1.82) is 0 Å². The van der Waals surface area contributed by atoms with Gasteiger partial charge in [-0.2, -0.15) is 0 Å². The van der Waals surface area contributed by atoms with Crippen molar-refractivity contribution in [2.45, 2.75) is 12.8 Å². The fourth-order valence-corrected chi connectivity index (χ4v) is 3.48. The summed E-state index contributed by atoms with van der Waals surface area (Å²) in [5.41, 5.74) is 3.44. The van der Waals surface area contributed by atoms with Gasteiger partial charge in [-0.25, -0.2) is 0 Å². The normalized spacial score (nSPS) is 17.5. The van der Waals surface area contributed by atoms with Crippen molar-refractivity contribution in [1.82, 2.24) is 9.47 Å². The minimum Gasteiger partial charge on any atom is -0.497 e. The van der Waals surface area contributed by atoms with E-state index in [9.17, 15) is 0 Å². The Labute approximate surface area is 158 Å². The molecule has 1 aromatic heterocycles. The number of ether oxygens (including phenoxy) is 2. The van der Waals surface area contributed by atoms with Crippen molar-refractivity contribution >= 4 is 11.6 Å². The van der Waals surface area contributed by atoms with E-state index < -0.39 is 0 Å². The van der Waals surface area contributed by atoms with Crippen LogP contribution in [-0.4, -0.2) is 29.7 Å². The summed E-state index contributed by atoms with van der Waals surface area (Å²) in [6.07, 6.45) is 4.13. The highest BCUT2D eigenvalue weighted by Gasteiger charge is 2.27. The van der Waals surface area contributed by atoms with E-state index in [4.69, 9.17) is 21.1 Å². The van der Waals surface area contributed by atoms with Crippen molar-refractivity contribution < 1.29 is 9.47 Å². The van der Waals surface area contributed by atoms with Crippen LogP contribution in [0.3, 0.4) is 0 Å². The molecule has 0 aliphatic carbocycles. The van der Waals surface area contributed by atoms with Gasteiger partial charge in [-0.15, -0.1) is 0 Å². The zero-order chi connectivity index (χ0) is 17.9. The summed E-state index contributed by atoms with van der Waals surface area (Å²) in [7, 11) is 1.68. The first kappa shape index (κ1) is 17.2. The monoisotopic (exact) mass is 368 g/mol. The molecule has 1 aliphatic rings. The molecule has 1 aliphatic heterocycles. The van der Waals surface area contributed by atoms with Gasteiger partial charge in [-0.1, -0.05) is 29.8 Å². The number of hydrogen-bond acceptors (Lipinski definition) is 3. The Balaban J connectivity index is 1.51. The minimum atomic E-state index is -0.0301. The summed E-state index contributed by atoms with van der Waals surface area (Å²) in [6.45, 7) is 2.50. The molecule has 0 saturated carbocycles. The van der Waals surface area contributed by atoms with Gasteiger partial charge >= 0.3 is 0 Å². The predicted molar refractivity (Wildman–Crippen MR) is 103 cm³/mol. The van der Waals surface area contributed by atoms with Gasteiger partial charge in [-0.3, -0.25) is 4.90 Å². The van der Waals surface area contributed by atoms with E-state index in [1.54, 1.807) is 7.11 Å². The SMILES string of the molecule is COc1ccc(CN2CCO[C@H]2c2ccn(-c3cccc(Cl)c3)c2)cc1. The second-order valence-corrected chi connectivity index (χ2v) is 6.81. The van der Waals surface area contributed by atoms with Gasteiger partial charge < -0.3 is 14.0 Å². The average molecular weight is 369 g/mol. The summed E-state index contributed by atoms with van der Waals surface area (Å²) < 4.78 is 13.3. The Morgan fingerprint density at radius 1 is 1.15 bits per heavy atom. The van der Waals surface area contributed by atoms with Crippen LogP contribution in [0.2, 0.25) is 5.02 Å². The van der Waals surface area contributed by atoms with Gasteiger partial charge in [0, 0.05) is 41.8 Å². The highest BCUT2D eigenvalue weighted by Crippen LogP contribution is 2.30. The van der Waals surface area contributed by atoms with Crippen LogP contribution in [-0.2, 0) is 11.3 Å². The van der Waals surface area contributed by atoms with Gasteiger partial charge in [0.05, 0.1) is 13.7 Å². The van der Waals surface area contributed by atoms with Crippen LogP contribution in [0.5, 0.6) is 5.75 Å². The van der Waals surface area contributed by atoms with E-state index in [0.29, 0.717) is 0 Å². The van der Waals surface area contributed by atoms with Crippen LogP contribution >= 0.6 is 11.6 Å². The van der Waals surface area contributed by atoms with Crippen LogP contribution in [0.1, 0.15) is 17.4 Å². The van der Waals surface area contributed by atoms with Gasteiger partial charge in [-0.05, 0) is 42.0 Å². The maximum Gasteiger partial charge on any atom is 0.138 e. The summed E-state index contributed by atoms with van der Waals surface area (Å²) in [5, 5.41) is 0.732. The first-order valence-electron chi connectivity index (χ1n) is 8.65. The van der Waals surface area contributed by atoms with E-state index in [1.165, 1.54) is 5.56 Å². The number of methoxy groups -OCH3 is 1. The lowest BCUT2D eigenvalue weighted by Gasteiger charge is -2.22. The molecule has 3 aromatic rings. The fraction of sp³-hybridized carbons (Fsp3) is 0.238. The van der Waals surface area contributed by atoms with Crippen LogP contribution < -0.4 is 4.74 Å². The molecule has 0 N–H and O–H groups in total. The quantitative estimate of drug-likeness (QED) is 0.654. The summed E-state index contributed by atoms with van der Waals surface area (Å²) >= 11 is 6.11. The first-order chi connectivity index (χ1) is 12.7. The van der Waals surface area contributed by atoms with Gasteiger partial charge in [0.1, 0.15) is 12.0 Å².